The highest BCUT2D eigenvalue weighted by Crippen LogP contribution is 2.26. The SMILES string of the molecule is C=C(C)COc1ccccc1[N+]#N.F[B-](F)(F)F. The summed E-state index contributed by atoms with van der Waals surface area (Å²) in [5, 5.41) is 8.61. The smallest absolute Gasteiger partial charge is 0.481 e. The summed E-state index contributed by atoms with van der Waals surface area (Å²) in [5.41, 5.74) is 1.36. The number of hydrogen-bond donors (Lipinski definition) is 0. The highest BCUT2D eigenvalue weighted by Gasteiger charge is 2.20. The van der Waals surface area contributed by atoms with E-state index in [4.69, 9.17) is 10.1 Å². The van der Waals surface area contributed by atoms with Crippen molar-refractivity contribution in [2.45, 2.75) is 6.92 Å². The van der Waals surface area contributed by atoms with Crippen LogP contribution in [-0.4, -0.2) is 13.9 Å². The second-order valence-corrected chi connectivity index (χ2v) is 3.31. The van der Waals surface area contributed by atoms with Gasteiger partial charge in [0.05, 0.1) is 0 Å². The van der Waals surface area contributed by atoms with Crippen LogP contribution < -0.4 is 4.74 Å². The maximum atomic E-state index is 9.75. The molecule has 0 saturated carbocycles. The van der Waals surface area contributed by atoms with Gasteiger partial charge >= 0.3 is 12.9 Å². The maximum absolute atomic E-state index is 9.75. The Bertz CT molecular complexity index is 436. The fourth-order valence-corrected chi connectivity index (χ4v) is 0.863. The number of halogens is 4. The average molecular weight is 262 g/mol. The van der Waals surface area contributed by atoms with Gasteiger partial charge in [0.25, 0.3) is 0 Å². The van der Waals surface area contributed by atoms with Crippen molar-refractivity contribution in [3.8, 4) is 5.75 Å². The zero-order chi connectivity index (χ0) is 14.2. The molecule has 0 aliphatic heterocycles. The van der Waals surface area contributed by atoms with Gasteiger partial charge in [0.15, 0.2) is 4.98 Å². The zero-order valence-corrected chi connectivity index (χ0v) is 9.62. The molecule has 0 spiro atoms. The monoisotopic (exact) mass is 262 g/mol. The van der Waals surface area contributed by atoms with Crippen LogP contribution in [0.25, 0.3) is 4.98 Å². The van der Waals surface area contributed by atoms with Gasteiger partial charge in [0, 0.05) is 6.07 Å². The minimum absolute atomic E-state index is 0.434. The number of rotatable bonds is 3. The van der Waals surface area contributed by atoms with Crippen molar-refractivity contribution < 1.29 is 22.0 Å². The van der Waals surface area contributed by atoms with E-state index in [0.717, 1.165) is 5.57 Å². The van der Waals surface area contributed by atoms with Gasteiger partial charge in [-0.1, -0.05) is 18.7 Å². The average Bonchev–Trinajstić information content (AvgIpc) is 2.24. The third-order valence-corrected chi connectivity index (χ3v) is 1.45. The molecule has 0 radical (unpaired) electrons. The highest BCUT2D eigenvalue weighted by atomic mass is 19.5. The molecule has 0 amide bonds. The van der Waals surface area contributed by atoms with Gasteiger partial charge in [-0.2, -0.15) is 0 Å². The first-order valence-electron chi connectivity index (χ1n) is 4.82. The van der Waals surface area contributed by atoms with Crippen LogP contribution in [-0.2, 0) is 0 Å². The first-order valence-corrected chi connectivity index (χ1v) is 4.82. The van der Waals surface area contributed by atoms with E-state index in [1.54, 1.807) is 18.2 Å². The molecule has 0 N–H and O–H groups in total. The van der Waals surface area contributed by atoms with Crippen LogP contribution in [0.3, 0.4) is 0 Å². The van der Waals surface area contributed by atoms with Gasteiger partial charge < -0.3 is 22.0 Å². The topological polar surface area (TPSA) is 37.4 Å². The van der Waals surface area contributed by atoms with Gasteiger partial charge in [-0.3, -0.25) is 0 Å². The lowest BCUT2D eigenvalue weighted by atomic mass is 10.3. The lowest BCUT2D eigenvalue weighted by Crippen LogP contribution is -2.02. The van der Waals surface area contributed by atoms with E-state index in [0.29, 0.717) is 18.0 Å². The summed E-state index contributed by atoms with van der Waals surface area (Å²) in [5.74, 6) is 0.563. The first-order chi connectivity index (χ1) is 8.24. The second kappa shape index (κ2) is 7.32. The Morgan fingerprint density at radius 3 is 2.28 bits per heavy atom. The second-order valence-electron chi connectivity index (χ2n) is 3.31. The van der Waals surface area contributed by atoms with Gasteiger partial charge in [0.1, 0.15) is 6.61 Å². The van der Waals surface area contributed by atoms with Crippen molar-refractivity contribution in [2.24, 2.45) is 0 Å². The van der Waals surface area contributed by atoms with Crippen molar-refractivity contribution in [3.63, 3.8) is 0 Å². The number of hydrogen-bond acceptors (Lipinski definition) is 2. The Hall–Kier alpha value is -2.04. The van der Waals surface area contributed by atoms with E-state index in [-0.39, 0.29) is 0 Å². The fraction of sp³-hybridized carbons (Fsp3) is 0.200. The van der Waals surface area contributed by atoms with E-state index >= 15 is 0 Å². The highest BCUT2D eigenvalue weighted by molar-refractivity contribution is 6.50. The number of ether oxygens (including phenoxy) is 1. The van der Waals surface area contributed by atoms with E-state index in [1.165, 1.54) is 0 Å². The summed E-state index contributed by atoms with van der Waals surface area (Å²) >= 11 is 0. The summed E-state index contributed by atoms with van der Waals surface area (Å²) in [7, 11) is -6.00. The Labute approximate surface area is 102 Å². The van der Waals surface area contributed by atoms with Crippen LogP contribution in [0.2, 0.25) is 0 Å². The maximum Gasteiger partial charge on any atom is 0.673 e. The fourth-order valence-electron chi connectivity index (χ4n) is 0.863. The summed E-state index contributed by atoms with van der Waals surface area (Å²) in [6.45, 7) is 6.02. The lowest BCUT2D eigenvalue weighted by Gasteiger charge is -2.01. The molecular weight excluding hydrogens is 251 g/mol. The molecule has 0 aromatic heterocycles. The van der Waals surface area contributed by atoms with E-state index < -0.39 is 7.25 Å². The van der Waals surface area contributed by atoms with Crippen molar-refractivity contribution in [1.82, 2.24) is 0 Å². The molecule has 18 heavy (non-hydrogen) atoms. The van der Waals surface area contributed by atoms with E-state index in [9.17, 15) is 17.3 Å². The number of diazo groups is 1. The van der Waals surface area contributed by atoms with Gasteiger partial charge in [-0.15, -0.1) is 0 Å². The Balaban J connectivity index is 0.000000494. The first kappa shape index (κ1) is 16.0. The van der Waals surface area contributed by atoms with E-state index in [2.05, 4.69) is 11.6 Å². The van der Waals surface area contributed by atoms with Gasteiger partial charge in [-0.25, -0.2) is 0 Å². The molecule has 0 unspecified atom stereocenters. The van der Waals surface area contributed by atoms with Crippen LogP contribution in [0.15, 0.2) is 36.4 Å². The Morgan fingerprint density at radius 2 is 1.83 bits per heavy atom. The number of benzene rings is 1. The Morgan fingerprint density at radius 1 is 1.33 bits per heavy atom. The van der Waals surface area contributed by atoms with E-state index in [1.807, 2.05) is 13.0 Å². The normalized spacial score (nSPS) is 9.78. The summed E-state index contributed by atoms with van der Waals surface area (Å²) in [6.07, 6.45) is 0. The predicted molar refractivity (Wildman–Crippen MR) is 61.7 cm³/mol. The van der Waals surface area contributed by atoms with Crippen LogP contribution in [0, 0.1) is 5.39 Å². The van der Waals surface area contributed by atoms with Crippen LogP contribution in [0.1, 0.15) is 6.92 Å². The molecule has 1 aromatic carbocycles. The lowest BCUT2D eigenvalue weighted by molar-refractivity contribution is 0.355. The third kappa shape index (κ3) is 9.21. The summed E-state index contributed by atoms with van der Waals surface area (Å²) in [4.78, 5) is 3.09. The third-order valence-electron chi connectivity index (χ3n) is 1.45. The van der Waals surface area contributed by atoms with Crippen molar-refractivity contribution in [3.05, 3.63) is 41.4 Å². The summed E-state index contributed by atoms with van der Waals surface area (Å²) < 4.78 is 44.3. The minimum Gasteiger partial charge on any atom is -0.481 e. The van der Waals surface area contributed by atoms with Gasteiger partial charge in [0.2, 0.25) is 11.1 Å². The minimum atomic E-state index is -6.00. The van der Waals surface area contributed by atoms with Crippen LogP contribution >= 0.6 is 0 Å². The number of nitrogens with zero attached hydrogens (tertiary/aromatic N) is 2. The largest absolute Gasteiger partial charge is 0.673 e. The zero-order valence-electron chi connectivity index (χ0n) is 9.62. The molecule has 0 aliphatic carbocycles. The molecule has 0 heterocycles. The van der Waals surface area contributed by atoms with Crippen molar-refractivity contribution in [1.29, 1.82) is 5.39 Å². The standard InChI is InChI=1S/C10H11N2O.BF4/c1-8(2)7-13-10-6-4-3-5-9(10)12-11;2-1(3,4)5/h3-6H,1,7H2,2H3;/q+1;-1. The molecule has 8 heteroatoms. The number of para-hydroxylation sites is 1. The molecule has 3 nitrogen and oxygen atoms in total. The molecule has 0 saturated heterocycles. The Kier molecular flexibility index (Phi) is 6.49. The van der Waals surface area contributed by atoms with Crippen molar-refractivity contribution >= 4 is 12.9 Å². The van der Waals surface area contributed by atoms with Gasteiger partial charge in [-0.05, 0) is 18.6 Å². The molecule has 0 fully saturated rings. The molecule has 0 bridgehead atoms. The molecular formula is C10H11BF4N2O. The van der Waals surface area contributed by atoms with Crippen LogP contribution in [0.5, 0.6) is 5.75 Å². The molecule has 0 atom stereocenters. The molecule has 1 aromatic rings. The molecule has 98 valence electrons. The van der Waals surface area contributed by atoms with Crippen LogP contribution in [0.4, 0.5) is 23.0 Å². The predicted octanol–water partition coefficient (Wildman–Crippen LogP) is 4.43. The van der Waals surface area contributed by atoms with Crippen molar-refractivity contribution in [2.75, 3.05) is 6.61 Å². The molecule has 1 rings (SSSR count). The quantitative estimate of drug-likeness (QED) is 0.350. The summed E-state index contributed by atoms with van der Waals surface area (Å²) in [6, 6.07) is 7.02. The molecule has 0 aliphatic rings.